The first-order chi connectivity index (χ1) is 19.8. The minimum absolute atomic E-state index is 0.00815. The zero-order valence-electron chi connectivity index (χ0n) is 21.9. The molecule has 212 valence electrons. The highest BCUT2D eigenvalue weighted by Crippen LogP contribution is 2.50. The lowest BCUT2D eigenvalue weighted by Crippen LogP contribution is -2.10. The molecule has 0 N–H and O–H groups in total. The van der Waals surface area contributed by atoms with Crippen molar-refractivity contribution in [3.8, 4) is 17.2 Å². The molecule has 41 heavy (non-hydrogen) atoms. The van der Waals surface area contributed by atoms with Gasteiger partial charge in [0.1, 0.15) is 37.1 Å². The molecule has 0 spiro atoms. The highest BCUT2D eigenvalue weighted by Gasteiger charge is 2.34. The Morgan fingerprint density at radius 2 is 0.854 bits per heavy atom. The number of phosphoric ester groups is 1. The van der Waals surface area contributed by atoms with Gasteiger partial charge < -0.3 is 27.8 Å². The van der Waals surface area contributed by atoms with Crippen molar-refractivity contribution >= 4 is 25.7 Å². The van der Waals surface area contributed by atoms with Crippen LogP contribution in [-0.4, -0.2) is 37.7 Å². The van der Waals surface area contributed by atoms with Gasteiger partial charge in [-0.1, -0.05) is 56.2 Å². The van der Waals surface area contributed by atoms with Crippen LogP contribution in [-0.2, 0) is 18.8 Å². The van der Waals surface area contributed by atoms with Gasteiger partial charge in [0, 0.05) is 0 Å². The summed E-state index contributed by atoms with van der Waals surface area (Å²) in [6, 6.07) is 17.0. The van der Waals surface area contributed by atoms with Crippen LogP contribution in [0.5, 0.6) is 17.2 Å². The maximum Gasteiger partial charge on any atom is 0.647 e. The van der Waals surface area contributed by atoms with Gasteiger partial charge in [0.05, 0.1) is 16.7 Å². The van der Waals surface area contributed by atoms with Gasteiger partial charge in [0.25, 0.3) is 0 Å². The molecule has 0 aliphatic carbocycles. The number of hydrogen-bond acceptors (Lipinski definition) is 10. The summed E-state index contributed by atoms with van der Waals surface area (Å²) in [5.41, 5.74) is 0.319. The van der Waals surface area contributed by atoms with Gasteiger partial charge in [-0.3, -0.25) is 0 Å². The highest BCUT2D eigenvalue weighted by atomic mass is 31.2. The summed E-state index contributed by atoms with van der Waals surface area (Å²) >= 11 is 0. The lowest BCUT2D eigenvalue weighted by molar-refractivity contribution is 0.0540. The lowest BCUT2D eigenvalue weighted by atomic mass is 10.2. The quantitative estimate of drug-likeness (QED) is 0.0871. The van der Waals surface area contributed by atoms with Gasteiger partial charge in [0.15, 0.2) is 0 Å². The van der Waals surface area contributed by atoms with Gasteiger partial charge in [-0.15, -0.1) is 0 Å². The van der Waals surface area contributed by atoms with E-state index in [0.29, 0.717) is 0 Å². The molecule has 0 amide bonds. The van der Waals surface area contributed by atoms with Crippen molar-refractivity contribution in [1.82, 2.24) is 0 Å². The molecule has 0 fully saturated rings. The summed E-state index contributed by atoms with van der Waals surface area (Å²) in [7, 11) is -4.60. The first kappa shape index (κ1) is 30.5. The Kier molecular flexibility index (Phi) is 11.1. The molecule has 0 radical (unpaired) electrons. The molecule has 11 heteroatoms. The Morgan fingerprint density at radius 3 is 1.12 bits per heavy atom. The van der Waals surface area contributed by atoms with Crippen molar-refractivity contribution in [2.75, 3.05) is 19.8 Å². The zero-order chi connectivity index (χ0) is 29.7. The highest BCUT2D eigenvalue weighted by molar-refractivity contribution is 7.49. The minimum atomic E-state index is -4.60. The Bertz CT molecular complexity index is 1300. The van der Waals surface area contributed by atoms with Gasteiger partial charge in [-0.25, -0.2) is 14.4 Å². The molecule has 0 unspecified atom stereocenters. The molecule has 0 atom stereocenters. The summed E-state index contributed by atoms with van der Waals surface area (Å²) < 4.78 is 46.1. The number of carbonyl (C=O) groups is 3. The fourth-order valence-electron chi connectivity index (χ4n) is 3.14. The van der Waals surface area contributed by atoms with Gasteiger partial charge >= 0.3 is 25.7 Å². The summed E-state index contributed by atoms with van der Waals surface area (Å²) in [6.07, 6.45) is 4.24. The van der Waals surface area contributed by atoms with Crippen molar-refractivity contribution < 1.29 is 46.7 Å². The first-order valence-corrected chi connectivity index (χ1v) is 13.6. The molecule has 0 bridgehead atoms. The second kappa shape index (κ2) is 14.9. The molecule has 0 aliphatic rings. The smallest absolute Gasteiger partial charge is 0.458 e. The van der Waals surface area contributed by atoms with Crippen LogP contribution in [0, 0.1) is 0 Å². The summed E-state index contributed by atoms with van der Waals surface area (Å²) in [5, 5.41) is 0. The summed E-state index contributed by atoms with van der Waals surface area (Å²) in [4.78, 5) is 36.9. The average molecular weight is 579 g/mol. The van der Waals surface area contributed by atoms with E-state index in [1.54, 1.807) is 0 Å². The Labute approximate surface area is 237 Å². The van der Waals surface area contributed by atoms with Crippen LogP contribution in [0.2, 0.25) is 0 Å². The molecule has 0 aromatic heterocycles. The van der Waals surface area contributed by atoms with Crippen LogP contribution >= 0.6 is 7.82 Å². The van der Waals surface area contributed by atoms with E-state index in [-0.39, 0.29) is 53.8 Å². The molecule has 10 nitrogen and oxygen atoms in total. The second-order valence-electron chi connectivity index (χ2n) is 7.97. The summed E-state index contributed by atoms with van der Waals surface area (Å²) in [6.45, 7) is 10.5. The third-order valence-electron chi connectivity index (χ3n) is 4.86. The molecular formula is C30H27O10P. The van der Waals surface area contributed by atoms with Gasteiger partial charge in [-0.2, -0.15) is 4.57 Å². The van der Waals surface area contributed by atoms with Gasteiger partial charge in [0.2, 0.25) is 0 Å². The molecule has 3 rings (SSSR count). The maximum atomic E-state index is 14.0. The first-order valence-electron chi connectivity index (χ1n) is 12.1. The van der Waals surface area contributed by atoms with Gasteiger partial charge in [-0.05, 0) is 54.6 Å². The van der Waals surface area contributed by atoms with Crippen LogP contribution in [0.25, 0.3) is 0 Å². The normalized spacial score (nSPS) is 10.4. The molecule has 0 saturated heterocycles. The number of carbonyl (C=O) groups excluding carboxylic acids is 3. The number of esters is 3. The van der Waals surface area contributed by atoms with Crippen LogP contribution in [0.15, 0.2) is 111 Å². The fraction of sp³-hybridized carbons (Fsp3) is 0.100. The van der Waals surface area contributed by atoms with E-state index in [2.05, 4.69) is 19.7 Å². The molecule has 3 aromatic carbocycles. The number of hydrogen-bond donors (Lipinski definition) is 0. The lowest BCUT2D eigenvalue weighted by Gasteiger charge is -2.20. The van der Waals surface area contributed by atoms with E-state index in [1.807, 2.05) is 0 Å². The van der Waals surface area contributed by atoms with Crippen LogP contribution in [0.1, 0.15) is 31.1 Å². The monoisotopic (exact) mass is 578 g/mol. The molecular weight excluding hydrogens is 551 g/mol. The predicted octanol–water partition coefficient (Wildman–Crippen LogP) is 6.36. The van der Waals surface area contributed by atoms with E-state index < -0.39 is 25.7 Å². The average Bonchev–Trinajstić information content (AvgIpc) is 2.97. The Morgan fingerprint density at radius 1 is 0.561 bits per heavy atom. The topological polar surface area (TPSA) is 124 Å². The molecule has 3 aromatic rings. The van der Waals surface area contributed by atoms with Crippen molar-refractivity contribution in [2.24, 2.45) is 0 Å². The van der Waals surface area contributed by atoms with E-state index in [9.17, 15) is 18.9 Å². The van der Waals surface area contributed by atoms with Crippen molar-refractivity contribution in [2.45, 2.75) is 0 Å². The number of benzene rings is 3. The van der Waals surface area contributed by atoms with E-state index in [4.69, 9.17) is 27.8 Å². The molecule has 0 heterocycles. The number of phosphoric acid groups is 1. The molecule has 0 aliphatic heterocycles. The Balaban J connectivity index is 1.94. The number of rotatable bonds is 15. The Hall–Kier alpha value is -5.08. The van der Waals surface area contributed by atoms with Crippen molar-refractivity contribution in [3.05, 3.63) is 127 Å². The van der Waals surface area contributed by atoms with Crippen molar-refractivity contribution in [1.29, 1.82) is 0 Å². The largest absolute Gasteiger partial charge is 0.647 e. The third kappa shape index (κ3) is 9.26. The fourth-order valence-corrected chi connectivity index (χ4v) is 4.36. The van der Waals surface area contributed by atoms with E-state index >= 15 is 0 Å². The van der Waals surface area contributed by atoms with Crippen LogP contribution in [0.4, 0.5) is 0 Å². The standard InChI is InChI=1S/C30H27O10P/c1-4-16-35-28(31)22-10-7-13-25(19-22)38-41(34,39-26-14-8-11-23(20-26)29(32)36-17-5-2)40-27-15-9-12-24(21-27)30(33)37-18-6-3/h4-15,19-21H,1-3,16-18H2. The second-order valence-corrected chi connectivity index (χ2v) is 9.41. The van der Waals surface area contributed by atoms with E-state index in [0.717, 1.165) is 0 Å². The minimum Gasteiger partial charge on any atom is -0.458 e. The maximum absolute atomic E-state index is 14.0. The summed E-state index contributed by atoms with van der Waals surface area (Å²) in [5.74, 6) is -2.14. The van der Waals surface area contributed by atoms with Crippen LogP contribution in [0.3, 0.4) is 0 Å². The zero-order valence-corrected chi connectivity index (χ0v) is 22.8. The van der Waals surface area contributed by atoms with Crippen LogP contribution < -0.4 is 13.6 Å². The number of ether oxygens (including phenoxy) is 3. The van der Waals surface area contributed by atoms with Crippen molar-refractivity contribution in [3.63, 3.8) is 0 Å². The SMILES string of the molecule is C=CCOC(=O)c1cccc(OP(=O)(Oc2cccc(C(=O)OCC=C)c2)Oc2cccc(C(=O)OCC=C)c2)c1. The third-order valence-corrected chi connectivity index (χ3v) is 6.16. The van der Waals surface area contributed by atoms with E-state index in [1.165, 1.54) is 91.0 Å². The predicted molar refractivity (Wildman–Crippen MR) is 150 cm³/mol. The molecule has 0 saturated carbocycles.